The summed E-state index contributed by atoms with van der Waals surface area (Å²) in [6.07, 6.45) is 1.70. The minimum atomic E-state index is 0.700. The van der Waals surface area contributed by atoms with Crippen molar-refractivity contribution in [1.82, 2.24) is 4.98 Å². The van der Waals surface area contributed by atoms with E-state index in [1.165, 1.54) is 20.5 Å². The van der Waals surface area contributed by atoms with Gasteiger partial charge < -0.3 is 5.73 Å². The first-order valence-electron chi connectivity index (χ1n) is 5.44. The number of nitrogen functional groups attached to an aromatic ring is 1. The van der Waals surface area contributed by atoms with Crippen molar-refractivity contribution in [3.63, 3.8) is 0 Å². The molecule has 17 heavy (non-hydrogen) atoms. The molecule has 1 aromatic carbocycles. The van der Waals surface area contributed by atoms with Crippen LogP contribution in [-0.2, 0) is 0 Å². The van der Waals surface area contributed by atoms with Crippen LogP contribution >= 0.6 is 11.3 Å². The first-order chi connectivity index (χ1) is 8.22. The zero-order valence-corrected chi connectivity index (χ0v) is 10.3. The van der Waals surface area contributed by atoms with E-state index < -0.39 is 0 Å². The van der Waals surface area contributed by atoms with Crippen molar-refractivity contribution in [2.75, 3.05) is 5.73 Å². The number of nitrogens with two attached hydrogens (primary N) is 1. The van der Waals surface area contributed by atoms with Gasteiger partial charge in [-0.2, -0.15) is 0 Å². The first kappa shape index (κ1) is 10.3. The molecule has 0 aliphatic rings. The third-order valence-electron chi connectivity index (χ3n) is 2.71. The largest absolute Gasteiger partial charge is 0.397 e. The van der Waals surface area contributed by atoms with E-state index in [-0.39, 0.29) is 0 Å². The number of anilines is 1. The number of nitrogens with zero attached hydrogens (tertiary/aromatic N) is 1. The van der Waals surface area contributed by atoms with Crippen LogP contribution in [-0.4, -0.2) is 4.98 Å². The Morgan fingerprint density at radius 2 is 2.00 bits per heavy atom. The molecule has 84 valence electrons. The maximum absolute atomic E-state index is 5.64. The van der Waals surface area contributed by atoms with Gasteiger partial charge in [-0.1, -0.05) is 17.7 Å². The lowest BCUT2D eigenvalue weighted by molar-refractivity contribution is 1.34. The highest BCUT2D eigenvalue weighted by Crippen LogP contribution is 2.32. The van der Waals surface area contributed by atoms with Crippen LogP contribution in [0.4, 0.5) is 5.69 Å². The number of aromatic nitrogens is 1. The molecule has 2 N–H and O–H groups in total. The zero-order chi connectivity index (χ0) is 11.8. The van der Waals surface area contributed by atoms with Crippen molar-refractivity contribution in [2.24, 2.45) is 0 Å². The highest BCUT2D eigenvalue weighted by atomic mass is 32.1. The molecule has 0 unspecified atom stereocenters. The van der Waals surface area contributed by atoms with Gasteiger partial charge in [0.1, 0.15) is 0 Å². The summed E-state index contributed by atoms with van der Waals surface area (Å²) in [6.45, 7) is 2.11. The Hall–Kier alpha value is -1.87. The molecule has 0 bridgehead atoms. The number of thiophene rings is 1. The Labute approximate surface area is 104 Å². The standard InChI is InChI=1S/C14H12N2S/c1-9-2-5-13-10(6-9)7-14(17-13)12-4-3-11(15)8-16-12/h2-8H,15H2,1H3. The lowest BCUT2D eigenvalue weighted by Gasteiger charge is -1.95. The van der Waals surface area contributed by atoms with Crippen molar-refractivity contribution >= 4 is 27.1 Å². The Bertz CT molecular complexity index is 668. The maximum atomic E-state index is 5.64. The van der Waals surface area contributed by atoms with Gasteiger partial charge in [-0.15, -0.1) is 11.3 Å². The predicted molar refractivity (Wildman–Crippen MR) is 74.2 cm³/mol. The Morgan fingerprint density at radius 1 is 1.12 bits per heavy atom. The van der Waals surface area contributed by atoms with Gasteiger partial charge in [0.2, 0.25) is 0 Å². The van der Waals surface area contributed by atoms with Crippen LogP contribution in [0.1, 0.15) is 5.56 Å². The number of aryl methyl sites for hydroxylation is 1. The fourth-order valence-corrected chi connectivity index (χ4v) is 2.86. The second-order valence-corrected chi connectivity index (χ2v) is 5.21. The molecule has 0 fully saturated rings. The highest BCUT2D eigenvalue weighted by molar-refractivity contribution is 7.22. The molecule has 3 aromatic rings. The molecule has 0 aliphatic heterocycles. The number of fused-ring (bicyclic) bond motifs is 1. The maximum Gasteiger partial charge on any atom is 0.0803 e. The molecule has 3 heteroatoms. The summed E-state index contributed by atoms with van der Waals surface area (Å²) >= 11 is 1.76. The molecule has 2 aromatic heterocycles. The van der Waals surface area contributed by atoms with Crippen molar-refractivity contribution in [2.45, 2.75) is 6.92 Å². The van der Waals surface area contributed by atoms with E-state index >= 15 is 0 Å². The van der Waals surface area contributed by atoms with Crippen LogP contribution in [0.25, 0.3) is 20.7 Å². The molecule has 2 nitrogen and oxygen atoms in total. The summed E-state index contributed by atoms with van der Waals surface area (Å²) in [5.41, 5.74) is 8.61. The number of hydrogen-bond acceptors (Lipinski definition) is 3. The summed E-state index contributed by atoms with van der Waals surface area (Å²) in [6, 6.07) is 12.5. The third-order valence-corrected chi connectivity index (χ3v) is 3.85. The van der Waals surface area contributed by atoms with E-state index in [1.807, 2.05) is 12.1 Å². The van der Waals surface area contributed by atoms with Crippen LogP contribution in [0, 0.1) is 6.92 Å². The van der Waals surface area contributed by atoms with Gasteiger partial charge in [0.25, 0.3) is 0 Å². The molecule has 0 spiro atoms. The lowest BCUT2D eigenvalue weighted by atomic mass is 10.2. The smallest absolute Gasteiger partial charge is 0.0803 e. The molecule has 0 atom stereocenters. The number of hydrogen-bond donors (Lipinski definition) is 1. The third kappa shape index (κ3) is 1.89. The summed E-state index contributed by atoms with van der Waals surface area (Å²) in [7, 11) is 0. The van der Waals surface area contributed by atoms with Gasteiger partial charge in [0.05, 0.1) is 22.5 Å². The van der Waals surface area contributed by atoms with Gasteiger partial charge >= 0.3 is 0 Å². The quantitative estimate of drug-likeness (QED) is 0.701. The van der Waals surface area contributed by atoms with Crippen LogP contribution in [0.3, 0.4) is 0 Å². The minimum Gasteiger partial charge on any atom is -0.397 e. The molecule has 0 saturated heterocycles. The molecule has 2 heterocycles. The molecule has 0 radical (unpaired) electrons. The predicted octanol–water partition coefficient (Wildman–Crippen LogP) is 3.85. The van der Waals surface area contributed by atoms with Gasteiger partial charge in [0.15, 0.2) is 0 Å². The lowest BCUT2D eigenvalue weighted by Crippen LogP contribution is -1.86. The summed E-state index contributed by atoms with van der Waals surface area (Å²) in [5, 5.41) is 1.28. The van der Waals surface area contributed by atoms with Gasteiger partial charge in [0, 0.05) is 4.70 Å². The zero-order valence-electron chi connectivity index (χ0n) is 9.47. The van der Waals surface area contributed by atoms with Crippen LogP contribution in [0.15, 0.2) is 42.6 Å². The molecule has 0 saturated carbocycles. The number of benzene rings is 1. The van der Waals surface area contributed by atoms with Gasteiger partial charge in [-0.05, 0) is 36.6 Å². The van der Waals surface area contributed by atoms with Crippen LogP contribution in [0.2, 0.25) is 0 Å². The summed E-state index contributed by atoms with van der Waals surface area (Å²) in [5.74, 6) is 0. The van der Waals surface area contributed by atoms with Crippen molar-refractivity contribution < 1.29 is 0 Å². The molecule has 3 rings (SSSR count). The molecular formula is C14H12N2S. The Morgan fingerprint density at radius 3 is 2.76 bits per heavy atom. The fraction of sp³-hybridized carbons (Fsp3) is 0.0714. The highest BCUT2D eigenvalue weighted by Gasteiger charge is 2.05. The molecule has 0 amide bonds. The van der Waals surface area contributed by atoms with Crippen LogP contribution in [0.5, 0.6) is 0 Å². The fourth-order valence-electron chi connectivity index (χ4n) is 1.84. The van der Waals surface area contributed by atoms with Crippen LogP contribution < -0.4 is 5.73 Å². The average molecular weight is 240 g/mol. The van der Waals surface area contributed by atoms with Gasteiger partial charge in [-0.3, -0.25) is 4.98 Å². The van der Waals surface area contributed by atoms with E-state index in [1.54, 1.807) is 17.5 Å². The average Bonchev–Trinajstić information content (AvgIpc) is 2.72. The van der Waals surface area contributed by atoms with E-state index in [4.69, 9.17) is 5.73 Å². The minimum absolute atomic E-state index is 0.700. The van der Waals surface area contributed by atoms with E-state index in [0.29, 0.717) is 5.69 Å². The van der Waals surface area contributed by atoms with Crippen molar-refractivity contribution in [1.29, 1.82) is 0 Å². The monoisotopic (exact) mass is 240 g/mol. The summed E-state index contributed by atoms with van der Waals surface area (Å²) < 4.78 is 1.30. The number of pyridine rings is 1. The second-order valence-electron chi connectivity index (χ2n) is 4.13. The summed E-state index contributed by atoms with van der Waals surface area (Å²) in [4.78, 5) is 5.54. The molecular weight excluding hydrogens is 228 g/mol. The van der Waals surface area contributed by atoms with E-state index in [0.717, 1.165) is 5.69 Å². The van der Waals surface area contributed by atoms with Crippen molar-refractivity contribution in [3.05, 3.63) is 48.2 Å². The molecule has 0 aliphatic carbocycles. The van der Waals surface area contributed by atoms with Crippen molar-refractivity contribution in [3.8, 4) is 10.6 Å². The topological polar surface area (TPSA) is 38.9 Å². The Kier molecular flexibility index (Phi) is 2.34. The van der Waals surface area contributed by atoms with E-state index in [9.17, 15) is 0 Å². The normalized spacial score (nSPS) is 10.9. The first-order valence-corrected chi connectivity index (χ1v) is 6.26. The number of rotatable bonds is 1. The Balaban J connectivity index is 2.14. The van der Waals surface area contributed by atoms with E-state index in [2.05, 4.69) is 36.2 Å². The SMILES string of the molecule is Cc1ccc2sc(-c3ccc(N)cn3)cc2c1. The van der Waals surface area contributed by atoms with Gasteiger partial charge in [-0.25, -0.2) is 0 Å². The second kappa shape index (κ2) is 3.86.